The van der Waals surface area contributed by atoms with Gasteiger partial charge >= 0.3 is 0 Å². The Morgan fingerprint density at radius 1 is 1.22 bits per heavy atom. The first kappa shape index (κ1) is 20.2. The molecular weight excluding hydrogens is 336 g/mol. The molecule has 0 aliphatic carbocycles. The Morgan fingerprint density at radius 2 is 1.78 bits per heavy atom. The molecule has 0 spiro atoms. The van der Waals surface area contributed by atoms with E-state index < -0.39 is 10.0 Å². The third-order valence-electron chi connectivity index (χ3n) is 3.91. The number of rotatable bonds is 6. The van der Waals surface area contributed by atoms with E-state index in [1.54, 1.807) is 31.3 Å². The summed E-state index contributed by atoms with van der Waals surface area (Å²) in [5.41, 5.74) is 0. The van der Waals surface area contributed by atoms with Crippen LogP contribution >= 0.6 is 12.4 Å². The molecule has 1 heterocycles. The van der Waals surface area contributed by atoms with Crippen LogP contribution in [0.25, 0.3) is 0 Å². The quantitative estimate of drug-likeness (QED) is 0.844. The van der Waals surface area contributed by atoms with E-state index in [2.05, 4.69) is 19.2 Å². The average Bonchev–Trinajstić information content (AvgIpc) is 2.53. The van der Waals surface area contributed by atoms with Crippen LogP contribution in [0.5, 0.6) is 5.75 Å². The molecule has 0 unspecified atom stereocenters. The van der Waals surface area contributed by atoms with Crippen molar-refractivity contribution in [3.63, 3.8) is 0 Å². The van der Waals surface area contributed by atoms with Gasteiger partial charge in [-0.3, -0.25) is 0 Å². The fourth-order valence-electron chi connectivity index (χ4n) is 2.50. The molecule has 0 amide bonds. The molecule has 1 aliphatic rings. The number of hydrogen-bond donors (Lipinski definition) is 1. The molecule has 23 heavy (non-hydrogen) atoms. The predicted molar refractivity (Wildman–Crippen MR) is 94.9 cm³/mol. The van der Waals surface area contributed by atoms with Crippen molar-refractivity contribution in [2.75, 3.05) is 26.7 Å². The van der Waals surface area contributed by atoms with E-state index in [-0.39, 0.29) is 18.4 Å². The van der Waals surface area contributed by atoms with E-state index in [4.69, 9.17) is 4.74 Å². The topological polar surface area (TPSA) is 58.6 Å². The van der Waals surface area contributed by atoms with Gasteiger partial charge in [0.15, 0.2) is 0 Å². The zero-order valence-corrected chi connectivity index (χ0v) is 15.6. The third kappa shape index (κ3) is 5.35. The second-order valence-corrected chi connectivity index (χ2v) is 8.18. The van der Waals surface area contributed by atoms with Gasteiger partial charge in [0.05, 0.1) is 11.5 Å². The minimum Gasteiger partial charge on any atom is -0.493 e. The summed E-state index contributed by atoms with van der Waals surface area (Å²) < 4.78 is 32.5. The van der Waals surface area contributed by atoms with Gasteiger partial charge in [-0.15, -0.1) is 12.4 Å². The molecule has 1 aliphatic heterocycles. The van der Waals surface area contributed by atoms with Crippen LogP contribution in [0.1, 0.15) is 26.7 Å². The first-order valence-corrected chi connectivity index (χ1v) is 9.27. The fraction of sp³-hybridized carbons (Fsp3) is 0.625. The smallest absolute Gasteiger partial charge is 0.243 e. The first-order chi connectivity index (χ1) is 10.4. The van der Waals surface area contributed by atoms with Crippen molar-refractivity contribution < 1.29 is 13.2 Å². The summed E-state index contributed by atoms with van der Waals surface area (Å²) in [6, 6.07) is 6.78. The van der Waals surface area contributed by atoms with Crippen LogP contribution in [0.15, 0.2) is 29.2 Å². The van der Waals surface area contributed by atoms with Crippen molar-refractivity contribution in [2.45, 2.75) is 37.6 Å². The largest absolute Gasteiger partial charge is 0.493 e. The lowest BCUT2D eigenvalue weighted by Crippen LogP contribution is -2.43. The molecule has 5 nitrogen and oxygen atoms in total. The van der Waals surface area contributed by atoms with Gasteiger partial charge in [-0.25, -0.2) is 8.42 Å². The van der Waals surface area contributed by atoms with Gasteiger partial charge in [0, 0.05) is 13.1 Å². The molecule has 0 bridgehead atoms. The Bertz CT molecular complexity index is 569. The maximum absolute atomic E-state index is 12.7. The molecule has 1 aromatic rings. The van der Waals surface area contributed by atoms with Crippen molar-refractivity contribution in [3.8, 4) is 5.75 Å². The normalized spacial score (nSPS) is 16.4. The minimum atomic E-state index is -3.44. The van der Waals surface area contributed by atoms with Crippen molar-refractivity contribution >= 4 is 22.4 Å². The van der Waals surface area contributed by atoms with Crippen LogP contribution in [0.4, 0.5) is 0 Å². The highest BCUT2D eigenvalue weighted by Gasteiger charge is 2.28. The Labute approximate surface area is 145 Å². The molecule has 1 aromatic carbocycles. The highest BCUT2D eigenvalue weighted by atomic mass is 35.5. The van der Waals surface area contributed by atoms with E-state index in [0.29, 0.717) is 23.2 Å². The summed E-state index contributed by atoms with van der Waals surface area (Å²) in [5.74, 6) is 1.15. The SMILES string of the molecule is CC(C)COc1ccc(S(=O)(=O)N(C)C2CCNCC2)cc1.Cl. The highest BCUT2D eigenvalue weighted by Crippen LogP contribution is 2.23. The monoisotopic (exact) mass is 362 g/mol. The maximum atomic E-state index is 12.7. The van der Waals surface area contributed by atoms with Gasteiger partial charge in [0.2, 0.25) is 10.0 Å². The molecule has 0 saturated carbocycles. The zero-order chi connectivity index (χ0) is 16.2. The second kappa shape index (κ2) is 8.87. The van der Waals surface area contributed by atoms with Gasteiger partial charge in [-0.1, -0.05) is 13.8 Å². The Balaban J connectivity index is 0.00000264. The molecule has 0 aromatic heterocycles. The van der Waals surface area contributed by atoms with Crippen molar-refractivity contribution in [1.29, 1.82) is 0 Å². The van der Waals surface area contributed by atoms with Crippen LogP contribution in [-0.2, 0) is 10.0 Å². The van der Waals surface area contributed by atoms with Crippen LogP contribution < -0.4 is 10.1 Å². The molecule has 1 N–H and O–H groups in total. The summed E-state index contributed by atoms with van der Waals surface area (Å²) >= 11 is 0. The third-order valence-corrected chi connectivity index (χ3v) is 5.83. The Morgan fingerprint density at radius 3 is 2.30 bits per heavy atom. The molecule has 0 atom stereocenters. The minimum absolute atomic E-state index is 0. The Hall–Kier alpha value is -0.820. The van der Waals surface area contributed by atoms with Gasteiger partial charge in [0.25, 0.3) is 0 Å². The first-order valence-electron chi connectivity index (χ1n) is 7.83. The molecule has 1 fully saturated rings. The van der Waals surface area contributed by atoms with Gasteiger partial charge in [-0.2, -0.15) is 4.31 Å². The lowest BCUT2D eigenvalue weighted by atomic mass is 10.1. The lowest BCUT2D eigenvalue weighted by molar-refractivity contribution is 0.271. The van der Waals surface area contributed by atoms with Crippen molar-refractivity contribution in [1.82, 2.24) is 9.62 Å². The van der Waals surface area contributed by atoms with Gasteiger partial charge < -0.3 is 10.1 Å². The lowest BCUT2D eigenvalue weighted by Gasteiger charge is -2.30. The van der Waals surface area contributed by atoms with Crippen LogP contribution in [0, 0.1) is 5.92 Å². The number of hydrogen-bond acceptors (Lipinski definition) is 4. The Kier molecular flexibility index (Phi) is 7.80. The van der Waals surface area contributed by atoms with E-state index in [1.165, 1.54) is 4.31 Å². The maximum Gasteiger partial charge on any atom is 0.243 e. The highest BCUT2D eigenvalue weighted by molar-refractivity contribution is 7.89. The molecule has 2 rings (SSSR count). The van der Waals surface area contributed by atoms with Gasteiger partial charge in [-0.05, 0) is 56.1 Å². The number of nitrogens with zero attached hydrogens (tertiary/aromatic N) is 1. The summed E-state index contributed by atoms with van der Waals surface area (Å²) in [7, 11) is -1.76. The van der Waals surface area contributed by atoms with E-state index in [1.807, 2.05) is 0 Å². The number of nitrogens with one attached hydrogen (secondary N) is 1. The van der Waals surface area contributed by atoms with Crippen LogP contribution in [-0.4, -0.2) is 45.5 Å². The van der Waals surface area contributed by atoms with Crippen LogP contribution in [0.2, 0.25) is 0 Å². The van der Waals surface area contributed by atoms with Crippen LogP contribution in [0.3, 0.4) is 0 Å². The van der Waals surface area contributed by atoms with Crippen molar-refractivity contribution in [2.24, 2.45) is 5.92 Å². The fourth-order valence-corrected chi connectivity index (χ4v) is 3.92. The summed E-state index contributed by atoms with van der Waals surface area (Å²) in [6.45, 7) is 6.51. The number of sulfonamides is 1. The zero-order valence-electron chi connectivity index (χ0n) is 14.0. The summed E-state index contributed by atoms with van der Waals surface area (Å²) in [6.07, 6.45) is 1.70. The number of piperidine rings is 1. The van der Waals surface area contributed by atoms with Gasteiger partial charge in [0.1, 0.15) is 5.75 Å². The van der Waals surface area contributed by atoms with E-state index in [0.717, 1.165) is 25.9 Å². The summed E-state index contributed by atoms with van der Waals surface area (Å²) in [5, 5.41) is 3.25. The van der Waals surface area contributed by atoms with E-state index >= 15 is 0 Å². The molecule has 1 saturated heterocycles. The number of ether oxygens (including phenoxy) is 1. The standard InChI is InChI=1S/C16H26N2O3S.ClH/c1-13(2)12-21-15-4-6-16(7-5-15)22(19,20)18(3)14-8-10-17-11-9-14;/h4-7,13-14,17H,8-12H2,1-3H3;1H. The number of halogens is 1. The van der Waals surface area contributed by atoms with E-state index in [9.17, 15) is 8.42 Å². The predicted octanol–water partition coefficient (Wildman–Crippen LogP) is 2.52. The average molecular weight is 363 g/mol. The molecule has 0 radical (unpaired) electrons. The molecule has 132 valence electrons. The van der Waals surface area contributed by atoms with Crippen molar-refractivity contribution in [3.05, 3.63) is 24.3 Å². The molecular formula is C16H27ClN2O3S. The molecule has 7 heteroatoms. The second-order valence-electron chi connectivity index (χ2n) is 6.18. The number of benzene rings is 1. The summed E-state index contributed by atoms with van der Waals surface area (Å²) in [4.78, 5) is 0.324.